The number of aromatic nitrogens is 2. The van der Waals surface area contributed by atoms with Crippen LogP contribution in [-0.4, -0.2) is 15.1 Å². The molecule has 4 aromatic rings. The number of nitrogens with one attached hydrogen (secondary N) is 1. The lowest BCUT2D eigenvalue weighted by Crippen LogP contribution is -2.08. The standard InChI is InChI=1S/C15H7F3N2O2S2/c16-15(17,18)6-4-7(9-2-1-3-23-9)19-14-11(6)12-13(24-14)8(21)5-10(22)20-12/h1-5H,(H2,20,21,22). The zero-order chi connectivity index (χ0) is 17.1. The molecule has 24 heavy (non-hydrogen) atoms. The summed E-state index contributed by atoms with van der Waals surface area (Å²) in [5, 5.41) is 11.4. The number of nitrogens with zero attached hydrogens (tertiary/aromatic N) is 1. The Kier molecular flexibility index (Phi) is 3.19. The first-order valence-corrected chi connectivity index (χ1v) is 8.35. The van der Waals surface area contributed by atoms with E-state index in [1.807, 2.05) is 0 Å². The van der Waals surface area contributed by atoms with E-state index in [4.69, 9.17) is 0 Å². The van der Waals surface area contributed by atoms with Gasteiger partial charge in [0.15, 0.2) is 0 Å². The minimum atomic E-state index is -4.62. The number of H-pyrrole nitrogens is 1. The van der Waals surface area contributed by atoms with E-state index >= 15 is 0 Å². The Balaban J connectivity index is 2.19. The van der Waals surface area contributed by atoms with E-state index in [-0.39, 0.29) is 31.9 Å². The Morgan fingerprint density at radius 2 is 2.04 bits per heavy atom. The number of aromatic amines is 1. The van der Waals surface area contributed by atoms with Gasteiger partial charge in [-0.15, -0.1) is 22.7 Å². The van der Waals surface area contributed by atoms with Crippen molar-refractivity contribution in [3.63, 3.8) is 0 Å². The second-order valence-electron chi connectivity index (χ2n) is 5.04. The third kappa shape index (κ3) is 2.28. The zero-order valence-electron chi connectivity index (χ0n) is 11.6. The molecule has 4 heterocycles. The van der Waals surface area contributed by atoms with Crippen molar-refractivity contribution in [1.82, 2.24) is 9.97 Å². The molecular formula is C15H7F3N2O2S2. The van der Waals surface area contributed by atoms with E-state index in [2.05, 4.69) is 9.97 Å². The normalized spacial score (nSPS) is 12.3. The summed E-state index contributed by atoms with van der Waals surface area (Å²) in [6.07, 6.45) is -4.62. The molecule has 0 fully saturated rings. The van der Waals surface area contributed by atoms with Gasteiger partial charge in [-0.1, -0.05) is 6.07 Å². The Morgan fingerprint density at radius 3 is 2.71 bits per heavy atom. The number of hydrogen-bond donors (Lipinski definition) is 2. The highest BCUT2D eigenvalue weighted by molar-refractivity contribution is 7.25. The number of halogens is 3. The lowest BCUT2D eigenvalue weighted by Gasteiger charge is -2.10. The van der Waals surface area contributed by atoms with Crippen molar-refractivity contribution < 1.29 is 18.3 Å². The maximum atomic E-state index is 13.6. The number of alkyl halides is 3. The first kappa shape index (κ1) is 15.2. The van der Waals surface area contributed by atoms with Gasteiger partial charge in [0.05, 0.1) is 26.4 Å². The average molecular weight is 368 g/mol. The molecular weight excluding hydrogens is 361 g/mol. The second kappa shape index (κ2) is 5.05. The smallest absolute Gasteiger partial charge is 0.417 e. The Hall–Kier alpha value is -2.39. The van der Waals surface area contributed by atoms with Gasteiger partial charge in [-0.2, -0.15) is 13.2 Å². The number of pyridine rings is 2. The fraction of sp³-hybridized carbons (Fsp3) is 0.0667. The minimum Gasteiger partial charge on any atom is -0.506 e. The van der Waals surface area contributed by atoms with Crippen LogP contribution < -0.4 is 5.56 Å². The summed E-state index contributed by atoms with van der Waals surface area (Å²) in [5.74, 6) is -0.359. The van der Waals surface area contributed by atoms with Gasteiger partial charge in [0.25, 0.3) is 5.56 Å². The molecule has 0 radical (unpaired) electrons. The van der Waals surface area contributed by atoms with Gasteiger partial charge in [0.1, 0.15) is 10.6 Å². The van der Waals surface area contributed by atoms with Crippen molar-refractivity contribution in [3.8, 4) is 16.3 Å². The van der Waals surface area contributed by atoms with Crippen molar-refractivity contribution in [1.29, 1.82) is 0 Å². The molecule has 0 aromatic carbocycles. The summed E-state index contributed by atoms with van der Waals surface area (Å²) in [4.78, 5) is 18.9. The van der Waals surface area contributed by atoms with Crippen molar-refractivity contribution in [2.24, 2.45) is 0 Å². The molecule has 0 saturated heterocycles. The summed E-state index contributed by atoms with van der Waals surface area (Å²) >= 11 is 2.20. The molecule has 4 nitrogen and oxygen atoms in total. The first-order chi connectivity index (χ1) is 11.3. The predicted octanol–water partition coefficient (Wildman–Crippen LogP) is 4.59. The zero-order valence-corrected chi connectivity index (χ0v) is 13.3. The maximum absolute atomic E-state index is 13.6. The van der Waals surface area contributed by atoms with Crippen molar-refractivity contribution in [2.45, 2.75) is 6.18 Å². The molecule has 0 amide bonds. The second-order valence-corrected chi connectivity index (χ2v) is 6.98. The predicted molar refractivity (Wildman–Crippen MR) is 87.7 cm³/mol. The Bertz CT molecular complexity index is 1130. The number of thiophene rings is 2. The van der Waals surface area contributed by atoms with E-state index in [0.717, 1.165) is 23.5 Å². The quantitative estimate of drug-likeness (QED) is 0.516. The summed E-state index contributed by atoms with van der Waals surface area (Å²) in [6.45, 7) is 0. The lowest BCUT2D eigenvalue weighted by atomic mass is 10.1. The molecule has 0 saturated carbocycles. The van der Waals surface area contributed by atoms with Gasteiger partial charge in [-0.05, 0) is 17.5 Å². The van der Waals surface area contributed by atoms with Gasteiger partial charge in [-0.25, -0.2) is 4.98 Å². The number of aromatic hydroxyl groups is 1. The fourth-order valence-electron chi connectivity index (χ4n) is 2.52. The molecule has 0 spiro atoms. The summed E-state index contributed by atoms with van der Waals surface area (Å²) in [5.41, 5.74) is -1.39. The third-order valence-electron chi connectivity index (χ3n) is 3.49. The van der Waals surface area contributed by atoms with Gasteiger partial charge >= 0.3 is 6.18 Å². The molecule has 4 aromatic heterocycles. The molecule has 4 rings (SSSR count). The van der Waals surface area contributed by atoms with Crippen LogP contribution in [0, 0.1) is 0 Å². The van der Waals surface area contributed by atoms with Gasteiger partial charge in [-0.3, -0.25) is 4.79 Å². The van der Waals surface area contributed by atoms with Crippen molar-refractivity contribution >= 4 is 43.1 Å². The third-order valence-corrected chi connectivity index (χ3v) is 5.49. The molecule has 0 aliphatic rings. The lowest BCUT2D eigenvalue weighted by molar-refractivity contribution is -0.136. The molecule has 0 aliphatic carbocycles. The van der Waals surface area contributed by atoms with Gasteiger partial charge in [0, 0.05) is 11.5 Å². The topological polar surface area (TPSA) is 66.0 Å². The highest BCUT2D eigenvalue weighted by Crippen LogP contribution is 2.44. The minimum absolute atomic E-state index is 0.0439. The van der Waals surface area contributed by atoms with Crippen LogP contribution >= 0.6 is 22.7 Å². The molecule has 0 atom stereocenters. The number of rotatable bonds is 1. The monoisotopic (exact) mass is 368 g/mol. The highest BCUT2D eigenvalue weighted by Gasteiger charge is 2.35. The number of hydrogen-bond acceptors (Lipinski definition) is 5. The van der Waals surface area contributed by atoms with Gasteiger partial charge in [0.2, 0.25) is 0 Å². The highest BCUT2D eigenvalue weighted by atomic mass is 32.1. The molecule has 9 heteroatoms. The van der Waals surface area contributed by atoms with Crippen LogP contribution in [0.1, 0.15) is 5.56 Å². The number of fused-ring (bicyclic) bond motifs is 3. The van der Waals surface area contributed by atoms with Crippen LogP contribution in [0.15, 0.2) is 34.4 Å². The van der Waals surface area contributed by atoms with Gasteiger partial charge < -0.3 is 10.1 Å². The molecule has 2 N–H and O–H groups in total. The van der Waals surface area contributed by atoms with Crippen molar-refractivity contribution in [3.05, 3.63) is 45.6 Å². The van der Waals surface area contributed by atoms with Crippen LogP contribution in [-0.2, 0) is 6.18 Å². The average Bonchev–Trinajstić information content (AvgIpc) is 3.12. The Morgan fingerprint density at radius 1 is 1.25 bits per heavy atom. The fourth-order valence-corrected chi connectivity index (χ4v) is 4.28. The Labute approximate surface area is 139 Å². The van der Waals surface area contributed by atoms with E-state index in [0.29, 0.717) is 4.88 Å². The summed E-state index contributed by atoms with van der Waals surface area (Å²) < 4.78 is 40.9. The molecule has 0 bridgehead atoms. The van der Waals surface area contributed by atoms with E-state index in [1.54, 1.807) is 17.5 Å². The largest absolute Gasteiger partial charge is 0.506 e. The van der Waals surface area contributed by atoms with E-state index < -0.39 is 17.3 Å². The SMILES string of the molecule is O=c1cc(O)c2sc3nc(-c4cccs4)cc(C(F)(F)F)c3c2[nH]1. The maximum Gasteiger partial charge on any atom is 0.417 e. The van der Waals surface area contributed by atoms with E-state index in [1.165, 1.54) is 11.3 Å². The first-order valence-electron chi connectivity index (χ1n) is 6.65. The van der Waals surface area contributed by atoms with Crippen molar-refractivity contribution in [2.75, 3.05) is 0 Å². The molecule has 0 unspecified atom stereocenters. The van der Waals surface area contributed by atoms with Crippen LogP contribution in [0.4, 0.5) is 13.2 Å². The van der Waals surface area contributed by atoms with E-state index in [9.17, 15) is 23.1 Å². The van der Waals surface area contributed by atoms with Crippen LogP contribution in [0.25, 0.3) is 31.0 Å². The van der Waals surface area contributed by atoms with Crippen LogP contribution in [0.2, 0.25) is 0 Å². The molecule has 0 aliphatic heterocycles. The summed E-state index contributed by atoms with van der Waals surface area (Å²) in [6, 6.07) is 5.33. The molecule has 122 valence electrons. The summed E-state index contributed by atoms with van der Waals surface area (Å²) in [7, 11) is 0. The van der Waals surface area contributed by atoms with Crippen LogP contribution in [0.3, 0.4) is 0 Å². The van der Waals surface area contributed by atoms with Crippen LogP contribution in [0.5, 0.6) is 5.75 Å².